The maximum Gasteiger partial charge on any atom is 0.276 e. The van der Waals surface area contributed by atoms with Crippen LogP contribution < -0.4 is 20.3 Å². The molecule has 1 aliphatic rings. The van der Waals surface area contributed by atoms with Gasteiger partial charge in [0.25, 0.3) is 5.91 Å². The number of piperazine rings is 1. The second-order valence-electron chi connectivity index (χ2n) is 10.1. The highest BCUT2D eigenvalue weighted by Crippen LogP contribution is 2.38. The lowest BCUT2D eigenvalue weighted by molar-refractivity contribution is 0.102. The third-order valence-electron chi connectivity index (χ3n) is 7.57. The van der Waals surface area contributed by atoms with Crippen LogP contribution >= 0.6 is 0 Å². The first-order valence-corrected chi connectivity index (χ1v) is 13.9. The van der Waals surface area contributed by atoms with Crippen LogP contribution in [-0.2, 0) is 13.5 Å². The highest BCUT2D eigenvalue weighted by atomic mass is 16.5. The van der Waals surface area contributed by atoms with Gasteiger partial charge in [0.05, 0.1) is 18.5 Å². The summed E-state index contributed by atoms with van der Waals surface area (Å²) in [6, 6.07) is 20.3. The number of hydrogen-bond acceptors (Lipinski definition) is 7. The van der Waals surface area contributed by atoms with Gasteiger partial charge in [-0.2, -0.15) is 5.10 Å². The Hall–Kier alpha value is -4.76. The fourth-order valence-electron chi connectivity index (χ4n) is 5.33. The minimum Gasteiger partial charge on any atom is -0.493 e. The molecule has 9 nitrogen and oxygen atoms in total. The Kier molecular flexibility index (Phi) is 7.60. The van der Waals surface area contributed by atoms with Crippen LogP contribution in [-0.4, -0.2) is 58.4 Å². The molecule has 0 spiro atoms. The second kappa shape index (κ2) is 11.8. The zero-order chi connectivity index (χ0) is 28.2. The molecule has 1 amide bonds. The third-order valence-corrected chi connectivity index (χ3v) is 7.57. The van der Waals surface area contributed by atoms with Crippen molar-refractivity contribution in [1.29, 1.82) is 0 Å². The number of hydrogen-bond donors (Lipinski definition) is 2. The highest BCUT2D eigenvalue weighted by Gasteiger charge is 2.21. The Morgan fingerprint density at radius 2 is 1.90 bits per heavy atom. The van der Waals surface area contributed by atoms with Crippen molar-refractivity contribution in [1.82, 2.24) is 25.1 Å². The minimum atomic E-state index is -0.264. The van der Waals surface area contributed by atoms with E-state index in [0.29, 0.717) is 24.4 Å². The van der Waals surface area contributed by atoms with Crippen LogP contribution in [0.1, 0.15) is 21.7 Å². The van der Waals surface area contributed by atoms with Crippen molar-refractivity contribution >= 4 is 28.2 Å². The number of ether oxygens (including phenoxy) is 1. The number of amides is 1. The number of pyridine rings is 2. The molecule has 9 heteroatoms. The first kappa shape index (κ1) is 26.5. The van der Waals surface area contributed by atoms with E-state index in [-0.39, 0.29) is 5.91 Å². The third kappa shape index (κ3) is 5.62. The summed E-state index contributed by atoms with van der Waals surface area (Å²) in [4.78, 5) is 24.2. The van der Waals surface area contributed by atoms with Crippen molar-refractivity contribution in [3.8, 4) is 16.9 Å². The number of aromatic nitrogens is 4. The molecule has 6 rings (SSSR count). The summed E-state index contributed by atoms with van der Waals surface area (Å²) in [5.74, 6) is 1.50. The van der Waals surface area contributed by atoms with Crippen LogP contribution in [0.4, 0.5) is 11.5 Å². The monoisotopic (exact) mass is 547 g/mol. The van der Waals surface area contributed by atoms with Gasteiger partial charge in [0.1, 0.15) is 11.6 Å². The predicted molar refractivity (Wildman–Crippen MR) is 162 cm³/mol. The molecule has 0 radical (unpaired) electrons. The summed E-state index contributed by atoms with van der Waals surface area (Å²) in [5, 5.41) is 13.1. The van der Waals surface area contributed by atoms with E-state index in [1.165, 1.54) is 0 Å². The lowest BCUT2D eigenvalue weighted by atomic mass is 9.97. The second-order valence-corrected chi connectivity index (χ2v) is 10.1. The molecule has 0 unspecified atom stereocenters. The van der Waals surface area contributed by atoms with Crippen LogP contribution in [0.2, 0.25) is 0 Å². The fraction of sp³-hybridized carbons (Fsp3) is 0.250. The van der Waals surface area contributed by atoms with Crippen LogP contribution in [0, 0.1) is 6.92 Å². The predicted octanol–water partition coefficient (Wildman–Crippen LogP) is 4.62. The molecule has 4 heterocycles. The van der Waals surface area contributed by atoms with Gasteiger partial charge in [0, 0.05) is 68.9 Å². The van der Waals surface area contributed by atoms with Crippen molar-refractivity contribution in [2.45, 2.75) is 13.3 Å². The van der Waals surface area contributed by atoms with E-state index in [0.717, 1.165) is 70.9 Å². The van der Waals surface area contributed by atoms with Crippen molar-refractivity contribution < 1.29 is 9.53 Å². The molecule has 2 N–H and O–H groups in total. The van der Waals surface area contributed by atoms with Crippen molar-refractivity contribution in [3.05, 3.63) is 96.2 Å². The average molecular weight is 548 g/mol. The number of anilines is 2. The molecule has 208 valence electrons. The van der Waals surface area contributed by atoms with E-state index in [1.807, 2.05) is 32.3 Å². The minimum absolute atomic E-state index is 0.264. The summed E-state index contributed by atoms with van der Waals surface area (Å²) >= 11 is 0. The fourth-order valence-corrected chi connectivity index (χ4v) is 5.33. The van der Waals surface area contributed by atoms with Crippen molar-refractivity contribution in [3.63, 3.8) is 0 Å². The summed E-state index contributed by atoms with van der Waals surface area (Å²) in [5.41, 5.74) is 4.92. The Morgan fingerprint density at radius 1 is 1.05 bits per heavy atom. The van der Waals surface area contributed by atoms with Crippen molar-refractivity contribution in [2.24, 2.45) is 7.05 Å². The van der Waals surface area contributed by atoms with Gasteiger partial charge >= 0.3 is 0 Å². The Bertz CT molecular complexity index is 1680. The Morgan fingerprint density at radius 3 is 2.73 bits per heavy atom. The average Bonchev–Trinajstić information content (AvgIpc) is 3.31. The smallest absolute Gasteiger partial charge is 0.276 e. The summed E-state index contributed by atoms with van der Waals surface area (Å²) in [6.07, 6.45) is 5.70. The van der Waals surface area contributed by atoms with Crippen LogP contribution in [0.15, 0.2) is 79.3 Å². The van der Waals surface area contributed by atoms with Crippen LogP contribution in [0.25, 0.3) is 21.9 Å². The van der Waals surface area contributed by atoms with Gasteiger partial charge in [0.2, 0.25) is 0 Å². The molecule has 0 atom stereocenters. The van der Waals surface area contributed by atoms with E-state index in [2.05, 4.69) is 67.0 Å². The SMILES string of the molecule is Cc1c(CCOc2ccc3ccccc3c2-c2ccnc(N3CCNCC3)c2)c(C(=O)Nc2cccnc2)nn1C. The molecule has 0 bridgehead atoms. The van der Waals surface area contributed by atoms with E-state index in [9.17, 15) is 4.79 Å². The first-order valence-electron chi connectivity index (χ1n) is 13.9. The topological polar surface area (TPSA) is 97.2 Å². The van der Waals surface area contributed by atoms with Gasteiger partial charge in [-0.3, -0.25) is 14.5 Å². The van der Waals surface area contributed by atoms with E-state index in [4.69, 9.17) is 4.74 Å². The zero-order valence-corrected chi connectivity index (χ0v) is 23.3. The molecule has 1 saturated heterocycles. The molecular formula is C32H33N7O2. The number of aryl methyl sites for hydroxylation is 1. The normalized spacial score (nSPS) is 13.4. The number of nitrogens with one attached hydrogen (secondary N) is 2. The van der Waals surface area contributed by atoms with Crippen LogP contribution in [0.3, 0.4) is 0 Å². The van der Waals surface area contributed by atoms with Gasteiger partial charge in [0.15, 0.2) is 5.69 Å². The summed E-state index contributed by atoms with van der Waals surface area (Å²) in [6.45, 7) is 6.11. The maximum atomic E-state index is 13.1. The lowest BCUT2D eigenvalue weighted by Gasteiger charge is -2.28. The van der Waals surface area contributed by atoms with Gasteiger partial charge in [-0.15, -0.1) is 0 Å². The van der Waals surface area contributed by atoms with Gasteiger partial charge in [-0.05, 0) is 53.6 Å². The molecule has 41 heavy (non-hydrogen) atoms. The molecule has 3 aromatic heterocycles. The van der Waals surface area contributed by atoms with E-state index in [1.54, 1.807) is 29.2 Å². The number of nitrogens with zero attached hydrogens (tertiary/aromatic N) is 5. The maximum absolute atomic E-state index is 13.1. The molecular weight excluding hydrogens is 514 g/mol. The first-order chi connectivity index (χ1) is 20.1. The molecule has 0 aliphatic carbocycles. The van der Waals surface area contributed by atoms with Gasteiger partial charge < -0.3 is 20.3 Å². The van der Waals surface area contributed by atoms with Gasteiger partial charge in [-0.1, -0.05) is 30.3 Å². The Labute approximate surface area is 239 Å². The quantitative estimate of drug-likeness (QED) is 0.293. The molecule has 5 aromatic rings. The number of carbonyl (C=O) groups is 1. The van der Waals surface area contributed by atoms with Crippen molar-refractivity contribution in [2.75, 3.05) is 43.0 Å². The van der Waals surface area contributed by atoms with E-state index < -0.39 is 0 Å². The number of fused-ring (bicyclic) bond motifs is 1. The summed E-state index contributed by atoms with van der Waals surface area (Å²) < 4.78 is 8.22. The van der Waals surface area contributed by atoms with Gasteiger partial charge in [-0.25, -0.2) is 4.98 Å². The molecule has 2 aromatic carbocycles. The molecule has 1 fully saturated rings. The number of rotatable bonds is 8. The molecule has 1 aliphatic heterocycles. The number of carbonyl (C=O) groups excluding carboxylic acids is 1. The highest BCUT2D eigenvalue weighted by molar-refractivity contribution is 6.04. The summed E-state index contributed by atoms with van der Waals surface area (Å²) in [7, 11) is 1.85. The van der Waals surface area contributed by atoms with Crippen LogP contribution in [0.5, 0.6) is 5.75 Å². The largest absolute Gasteiger partial charge is 0.493 e. The number of benzene rings is 2. The molecule has 0 saturated carbocycles. The zero-order valence-electron chi connectivity index (χ0n) is 23.3. The Balaban J connectivity index is 1.27. The van der Waals surface area contributed by atoms with E-state index >= 15 is 0 Å². The lowest BCUT2D eigenvalue weighted by Crippen LogP contribution is -2.43. The standard InChI is InChI=1S/C32H33N7O2/c1-22-26(31(37-38(22)2)32(40)36-25-7-5-13-34-21-25)12-19-41-28-10-9-23-6-3-4-8-27(23)30(28)24-11-14-35-29(20-24)39-17-15-33-16-18-39/h3-11,13-14,20-21,33H,12,15-19H2,1-2H3,(H,36,40).